The van der Waals surface area contributed by atoms with Crippen LogP contribution in [0.2, 0.25) is 0 Å². The van der Waals surface area contributed by atoms with Crippen LogP contribution in [0.5, 0.6) is 5.75 Å². The molecular weight excluding hydrogens is 514 g/mol. The second-order valence-corrected chi connectivity index (χ2v) is 12.4. The summed E-state index contributed by atoms with van der Waals surface area (Å²) in [4.78, 5) is 34.9. The number of aromatic nitrogens is 2. The summed E-state index contributed by atoms with van der Waals surface area (Å²) in [6.45, 7) is 7.13. The molecule has 0 aromatic carbocycles. The van der Waals surface area contributed by atoms with Gasteiger partial charge in [-0.3, -0.25) is 24.7 Å². The van der Waals surface area contributed by atoms with Crippen LogP contribution in [0, 0.1) is 30.6 Å². The van der Waals surface area contributed by atoms with Crippen LogP contribution in [0.3, 0.4) is 0 Å². The number of aliphatic imine (C=N–C) groups is 2. The van der Waals surface area contributed by atoms with Crippen molar-refractivity contribution in [3.05, 3.63) is 47.4 Å². The highest BCUT2D eigenvalue weighted by atomic mass is 16.5. The van der Waals surface area contributed by atoms with E-state index < -0.39 is 0 Å². The first kappa shape index (κ1) is 29.4. The van der Waals surface area contributed by atoms with Crippen LogP contribution in [-0.2, 0) is 4.79 Å². The molecule has 8 nitrogen and oxygen atoms in total. The molecule has 220 valence electrons. The number of carbonyl (C=O) groups excluding carboxylic acids is 1. The summed E-state index contributed by atoms with van der Waals surface area (Å²) < 4.78 is 5.40. The molecule has 0 saturated heterocycles. The van der Waals surface area contributed by atoms with Gasteiger partial charge in [-0.1, -0.05) is 13.8 Å². The number of hydrogen-bond acceptors (Lipinski definition) is 7. The van der Waals surface area contributed by atoms with Crippen molar-refractivity contribution in [3.63, 3.8) is 0 Å². The molecule has 2 aliphatic carbocycles. The molecule has 0 spiro atoms. The Labute approximate surface area is 244 Å². The monoisotopic (exact) mass is 559 g/mol. The molecule has 3 aliphatic rings. The maximum absolute atomic E-state index is 14.1. The number of pyridine rings is 2. The number of rotatable bonds is 9. The van der Waals surface area contributed by atoms with Crippen molar-refractivity contribution in [2.24, 2.45) is 33.7 Å². The molecule has 8 heteroatoms. The molecule has 2 fully saturated rings. The molecule has 3 heterocycles. The minimum atomic E-state index is -0.0553. The number of nitrogens with zero attached hydrogens (tertiary/aromatic N) is 5. The van der Waals surface area contributed by atoms with Crippen LogP contribution in [0.4, 0.5) is 5.82 Å². The Morgan fingerprint density at radius 2 is 1.78 bits per heavy atom. The maximum Gasteiger partial charge on any atom is 0.231 e. The highest BCUT2D eigenvalue weighted by Gasteiger charge is 2.33. The lowest BCUT2D eigenvalue weighted by atomic mass is 9.79. The summed E-state index contributed by atoms with van der Waals surface area (Å²) in [5, 5.41) is 9.61. The van der Waals surface area contributed by atoms with Gasteiger partial charge in [-0.15, -0.1) is 0 Å². The Hall–Kier alpha value is -3.13. The Kier molecular flexibility index (Phi) is 9.48. The van der Waals surface area contributed by atoms with Gasteiger partial charge in [0.15, 0.2) is 0 Å². The normalized spacial score (nSPS) is 26.2. The Morgan fingerprint density at radius 1 is 1.05 bits per heavy atom. The van der Waals surface area contributed by atoms with Gasteiger partial charge in [-0.05, 0) is 100 Å². The fraction of sp³-hybridized carbons (Fsp3) is 0.606. The van der Waals surface area contributed by atoms with E-state index in [1.54, 1.807) is 13.3 Å². The number of carbonyl (C=O) groups is 1. The van der Waals surface area contributed by atoms with Crippen molar-refractivity contribution < 1.29 is 14.6 Å². The summed E-state index contributed by atoms with van der Waals surface area (Å²) in [7, 11) is 1.68. The van der Waals surface area contributed by atoms with Crippen LogP contribution >= 0.6 is 0 Å². The molecule has 1 atom stereocenters. The molecule has 41 heavy (non-hydrogen) atoms. The average Bonchev–Trinajstić information content (AvgIpc) is 3.51. The summed E-state index contributed by atoms with van der Waals surface area (Å²) in [5.41, 5.74) is 3.88. The predicted molar refractivity (Wildman–Crippen MR) is 163 cm³/mol. The quantitative estimate of drug-likeness (QED) is 0.421. The standard InChI is InChI=1S/C33H45N5O3/c1-21(2)32-35-18-29(37-32)27-15-16-34-31(17-27)38(33(40)26-11-7-24(20-39)8-12-26)19-23-5-9-25(10-6-23)28-13-14-30(41-4)22(3)36-28/h13-18,21,23-26,32,39H,5-12,19-20H2,1-4H3/t23-,24-,25-,26-,32?. The van der Waals surface area contributed by atoms with E-state index in [2.05, 4.69) is 24.9 Å². The molecule has 1 aliphatic heterocycles. The molecule has 1 amide bonds. The molecule has 1 N–H and O–H groups in total. The molecule has 5 rings (SSSR count). The van der Waals surface area contributed by atoms with Crippen LogP contribution in [-0.4, -0.2) is 59.3 Å². The molecule has 0 radical (unpaired) electrons. The predicted octanol–water partition coefficient (Wildman–Crippen LogP) is 5.75. The number of hydrogen-bond donors (Lipinski definition) is 1. The zero-order valence-electron chi connectivity index (χ0n) is 25.0. The van der Waals surface area contributed by atoms with E-state index in [0.29, 0.717) is 36.0 Å². The first-order chi connectivity index (χ1) is 19.9. The summed E-state index contributed by atoms with van der Waals surface area (Å²) >= 11 is 0. The highest BCUT2D eigenvalue weighted by molar-refractivity contribution is 6.39. The van der Waals surface area contributed by atoms with E-state index in [1.807, 2.05) is 36.2 Å². The lowest BCUT2D eigenvalue weighted by Crippen LogP contribution is -2.42. The number of methoxy groups -OCH3 is 1. The lowest BCUT2D eigenvalue weighted by molar-refractivity contribution is -0.124. The number of amides is 1. The van der Waals surface area contributed by atoms with E-state index in [-0.39, 0.29) is 24.6 Å². The number of aliphatic hydroxyl groups is 1. The minimum absolute atomic E-state index is 0.0261. The van der Waals surface area contributed by atoms with Crippen molar-refractivity contribution in [3.8, 4) is 5.75 Å². The first-order valence-electron chi connectivity index (χ1n) is 15.4. The van der Waals surface area contributed by atoms with Crippen molar-refractivity contribution in [2.45, 2.75) is 84.2 Å². The van der Waals surface area contributed by atoms with E-state index in [4.69, 9.17) is 19.7 Å². The highest BCUT2D eigenvalue weighted by Crippen LogP contribution is 2.38. The summed E-state index contributed by atoms with van der Waals surface area (Å²) in [5.74, 6) is 3.17. The molecule has 2 aromatic rings. The van der Waals surface area contributed by atoms with E-state index in [1.165, 1.54) is 0 Å². The number of ether oxygens (including phenoxy) is 1. The van der Waals surface area contributed by atoms with Crippen LogP contribution in [0.25, 0.3) is 0 Å². The third-order valence-corrected chi connectivity index (χ3v) is 9.24. The molecule has 1 unspecified atom stereocenters. The molecule has 2 aromatic heterocycles. The Bertz CT molecular complexity index is 1260. The van der Waals surface area contributed by atoms with Crippen molar-refractivity contribution in [2.75, 3.05) is 25.2 Å². The Morgan fingerprint density at radius 3 is 2.41 bits per heavy atom. The van der Waals surface area contributed by atoms with Gasteiger partial charge in [0, 0.05) is 48.7 Å². The fourth-order valence-corrected chi connectivity index (χ4v) is 6.57. The van der Waals surface area contributed by atoms with Crippen LogP contribution < -0.4 is 9.64 Å². The number of aryl methyl sites for hydroxylation is 1. The second-order valence-electron chi connectivity index (χ2n) is 12.4. The third kappa shape index (κ3) is 6.85. The zero-order chi connectivity index (χ0) is 28.9. The van der Waals surface area contributed by atoms with Gasteiger partial charge in [0.05, 0.1) is 18.5 Å². The topological polar surface area (TPSA) is 100 Å². The average molecular weight is 560 g/mol. The number of aliphatic hydroxyl groups excluding tert-OH is 1. The van der Waals surface area contributed by atoms with Crippen LogP contribution in [0.1, 0.15) is 88.1 Å². The smallest absolute Gasteiger partial charge is 0.231 e. The van der Waals surface area contributed by atoms with Gasteiger partial charge < -0.3 is 9.84 Å². The number of anilines is 1. The second kappa shape index (κ2) is 13.2. The molecular formula is C33H45N5O3. The third-order valence-electron chi connectivity index (χ3n) is 9.24. The van der Waals surface area contributed by atoms with Gasteiger partial charge in [-0.25, -0.2) is 4.98 Å². The molecule has 2 saturated carbocycles. The van der Waals surface area contributed by atoms with Gasteiger partial charge in [-0.2, -0.15) is 0 Å². The molecule has 0 bridgehead atoms. The van der Waals surface area contributed by atoms with Gasteiger partial charge in [0.25, 0.3) is 0 Å². The Balaban J connectivity index is 1.32. The summed E-state index contributed by atoms with van der Waals surface area (Å²) in [6, 6.07) is 8.10. The van der Waals surface area contributed by atoms with Gasteiger partial charge in [0.1, 0.15) is 17.7 Å². The van der Waals surface area contributed by atoms with E-state index in [9.17, 15) is 9.90 Å². The largest absolute Gasteiger partial charge is 0.495 e. The van der Waals surface area contributed by atoms with Crippen LogP contribution in [0.15, 0.2) is 40.4 Å². The van der Waals surface area contributed by atoms with Crippen molar-refractivity contribution in [1.82, 2.24) is 9.97 Å². The van der Waals surface area contributed by atoms with Gasteiger partial charge >= 0.3 is 0 Å². The van der Waals surface area contributed by atoms with Crippen molar-refractivity contribution >= 4 is 23.7 Å². The van der Waals surface area contributed by atoms with Gasteiger partial charge in [0.2, 0.25) is 5.91 Å². The summed E-state index contributed by atoms with van der Waals surface area (Å²) in [6.07, 6.45) is 11.3. The SMILES string of the molecule is COc1ccc([C@H]2CC[C@H](CN(c3cc(C4=NC(C(C)C)N=C4)ccn3)C(=O)[C@H]3CC[C@H](CO)CC3)CC2)nc1C. The fourth-order valence-electron chi connectivity index (χ4n) is 6.57. The minimum Gasteiger partial charge on any atom is -0.495 e. The zero-order valence-corrected chi connectivity index (χ0v) is 25.0. The lowest BCUT2D eigenvalue weighted by Gasteiger charge is -2.35. The van der Waals surface area contributed by atoms with Crippen molar-refractivity contribution in [1.29, 1.82) is 0 Å². The maximum atomic E-state index is 14.1. The van der Waals surface area contributed by atoms with E-state index in [0.717, 1.165) is 79.8 Å². The first-order valence-corrected chi connectivity index (χ1v) is 15.4. The van der Waals surface area contributed by atoms with E-state index >= 15 is 0 Å².